The SMILES string of the molecule is CCN(CC)Cc1nc(C(C)C)c(C(C)=O)s1. The second kappa shape index (κ2) is 6.26. The van der Waals surface area contributed by atoms with Crippen molar-refractivity contribution < 1.29 is 4.79 Å². The molecule has 17 heavy (non-hydrogen) atoms. The summed E-state index contributed by atoms with van der Waals surface area (Å²) >= 11 is 1.55. The second-order valence-corrected chi connectivity index (χ2v) is 5.58. The Morgan fingerprint density at radius 2 is 1.94 bits per heavy atom. The maximum Gasteiger partial charge on any atom is 0.171 e. The monoisotopic (exact) mass is 254 g/mol. The van der Waals surface area contributed by atoms with Crippen LogP contribution in [0.25, 0.3) is 0 Å². The highest BCUT2D eigenvalue weighted by Crippen LogP contribution is 2.26. The number of hydrogen-bond donors (Lipinski definition) is 0. The minimum Gasteiger partial charge on any atom is -0.297 e. The molecule has 96 valence electrons. The summed E-state index contributed by atoms with van der Waals surface area (Å²) in [5.41, 5.74) is 0.963. The third kappa shape index (κ3) is 3.61. The van der Waals surface area contributed by atoms with Crippen molar-refractivity contribution in [2.75, 3.05) is 13.1 Å². The molecule has 1 aromatic heterocycles. The molecule has 0 fully saturated rings. The van der Waals surface area contributed by atoms with E-state index in [0.29, 0.717) is 5.92 Å². The van der Waals surface area contributed by atoms with Crippen LogP contribution in [0.2, 0.25) is 0 Å². The third-order valence-corrected chi connectivity index (χ3v) is 3.97. The first-order chi connectivity index (χ1) is 7.99. The largest absolute Gasteiger partial charge is 0.297 e. The van der Waals surface area contributed by atoms with Crippen molar-refractivity contribution in [3.05, 3.63) is 15.6 Å². The molecule has 0 N–H and O–H groups in total. The van der Waals surface area contributed by atoms with E-state index in [1.165, 1.54) is 0 Å². The van der Waals surface area contributed by atoms with Gasteiger partial charge in [0.05, 0.1) is 17.1 Å². The molecular weight excluding hydrogens is 232 g/mol. The highest BCUT2D eigenvalue weighted by atomic mass is 32.1. The van der Waals surface area contributed by atoms with E-state index in [1.54, 1.807) is 18.3 Å². The number of Topliss-reactive ketones (excluding diaryl/α,β-unsaturated/α-hetero) is 1. The van der Waals surface area contributed by atoms with Crippen LogP contribution in [0.1, 0.15) is 60.9 Å². The van der Waals surface area contributed by atoms with Crippen molar-refractivity contribution in [3.63, 3.8) is 0 Å². The Kier molecular flexibility index (Phi) is 5.28. The summed E-state index contributed by atoms with van der Waals surface area (Å²) in [4.78, 5) is 19.3. The summed E-state index contributed by atoms with van der Waals surface area (Å²) in [6, 6.07) is 0. The van der Waals surface area contributed by atoms with Gasteiger partial charge in [-0.1, -0.05) is 27.7 Å². The van der Waals surface area contributed by atoms with Gasteiger partial charge in [0.15, 0.2) is 5.78 Å². The minimum atomic E-state index is 0.136. The Morgan fingerprint density at radius 1 is 1.35 bits per heavy atom. The molecule has 0 aromatic carbocycles. The molecule has 0 saturated carbocycles. The van der Waals surface area contributed by atoms with E-state index in [4.69, 9.17) is 0 Å². The van der Waals surface area contributed by atoms with Gasteiger partial charge >= 0.3 is 0 Å². The van der Waals surface area contributed by atoms with Gasteiger partial charge in [-0.2, -0.15) is 0 Å². The van der Waals surface area contributed by atoms with Gasteiger partial charge in [-0.15, -0.1) is 11.3 Å². The lowest BCUT2D eigenvalue weighted by Gasteiger charge is -2.15. The third-order valence-electron chi connectivity index (χ3n) is 2.82. The van der Waals surface area contributed by atoms with Crippen molar-refractivity contribution in [2.24, 2.45) is 0 Å². The number of aromatic nitrogens is 1. The van der Waals surface area contributed by atoms with Crippen molar-refractivity contribution >= 4 is 17.1 Å². The quantitative estimate of drug-likeness (QED) is 0.730. The molecule has 3 nitrogen and oxygen atoms in total. The molecule has 0 saturated heterocycles. The maximum atomic E-state index is 11.6. The second-order valence-electron chi connectivity index (χ2n) is 4.49. The Hall–Kier alpha value is -0.740. The number of thiazole rings is 1. The molecule has 1 aromatic rings. The van der Waals surface area contributed by atoms with Crippen LogP contribution in [0.3, 0.4) is 0 Å². The van der Waals surface area contributed by atoms with Gasteiger partial charge < -0.3 is 0 Å². The molecule has 0 aliphatic heterocycles. The molecule has 0 aliphatic rings. The van der Waals surface area contributed by atoms with E-state index in [1.807, 2.05) is 0 Å². The highest BCUT2D eigenvalue weighted by Gasteiger charge is 2.18. The number of ketones is 1. The van der Waals surface area contributed by atoms with Crippen LogP contribution in [0, 0.1) is 0 Å². The standard InChI is InChI=1S/C13H22N2OS/c1-6-15(7-2)8-11-14-12(9(3)4)13(17-11)10(5)16/h9H,6-8H2,1-5H3. The van der Waals surface area contributed by atoms with Crippen LogP contribution >= 0.6 is 11.3 Å². The normalized spacial score (nSPS) is 11.5. The Labute approximate surface area is 108 Å². The van der Waals surface area contributed by atoms with Crippen molar-refractivity contribution in [3.8, 4) is 0 Å². The average molecular weight is 254 g/mol. The number of nitrogens with zero attached hydrogens (tertiary/aromatic N) is 2. The van der Waals surface area contributed by atoms with Gasteiger partial charge in [0.1, 0.15) is 5.01 Å². The molecule has 0 radical (unpaired) electrons. The molecule has 0 unspecified atom stereocenters. The Bertz CT molecular complexity index is 381. The van der Waals surface area contributed by atoms with Crippen LogP contribution in [0.5, 0.6) is 0 Å². The topological polar surface area (TPSA) is 33.2 Å². The zero-order valence-electron chi connectivity index (χ0n) is 11.4. The molecule has 0 spiro atoms. The lowest BCUT2D eigenvalue weighted by atomic mass is 10.1. The Balaban J connectivity index is 2.95. The number of hydrogen-bond acceptors (Lipinski definition) is 4. The molecule has 0 aliphatic carbocycles. The molecule has 0 amide bonds. The highest BCUT2D eigenvalue weighted by molar-refractivity contribution is 7.13. The van der Waals surface area contributed by atoms with E-state index in [-0.39, 0.29) is 5.78 Å². The van der Waals surface area contributed by atoms with E-state index < -0.39 is 0 Å². The predicted octanol–water partition coefficient (Wildman–Crippen LogP) is 3.31. The fraction of sp³-hybridized carbons (Fsp3) is 0.692. The lowest BCUT2D eigenvalue weighted by Crippen LogP contribution is -2.21. The molecule has 4 heteroatoms. The summed E-state index contributed by atoms with van der Waals surface area (Å²) in [5.74, 6) is 0.451. The van der Waals surface area contributed by atoms with E-state index in [2.05, 4.69) is 37.6 Å². The van der Waals surface area contributed by atoms with Crippen LogP contribution in [0.15, 0.2) is 0 Å². The summed E-state index contributed by atoms with van der Waals surface area (Å²) in [6.45, 7) is 13.0. The van der Waals surface area contributed by atoms with Crippen LogP contribution in [-0.2, 0) is 6.54 Å². The summed E-state index contributed by atoms with van der Waals surface area (Å²) < 4.78 is 0. The molecular formula is C13H22N2OS. The number of rotatable bonds is 6. The van der Waals surface area contributed by atoms with Gasteiger partial charge in [0, 0.05) is 6.92 Å². The van der Waals surface area contributed by atoms with Crippen molar-refractivity contribution in [1.82, 2.24) is 9.88 Å². The molecule has 1 heterocycles. The summed E-state index contributed by atoms with van der Waals surface area (Å²) in [7, 11) is 0. The van der Waals surface area contributed by atoms with Crippen LogP contribution in [0.4, 0.5) is 0 Å². The first-order valence-electron chi connectivity index (χ1n) is 6.22. The van der Waals surface area contributed by atoms with E-state index in [0.717, 1.165) is 35.2 Å². The lowest BCUT2D eigenvalue weighted by molar-refractivity contribution is 0.102. The zero-order valence-corrected chi connectivity index (χ0v) is 12.2. The molecule has 0 bridgehead atoms. The smallest absolute Gasteiger partial charge is 0.171 e. The van der Waals surface area contributed by atoms with Gasteiger partial charge in [-0.25, -0.2) is 4.98 Å². The Morgan fingerprint density at radius 3 is 2.29 bits per heavy atom. The molecule has 0 atom stereocenters. The van der Waals surface area contributed by atoms with Crippen LogP contribution < -0.4 is 0 Å². The van der Waals surface area contributed by atoms with Gasteiger partial charge in [0.2, 0.25) is 0 Å². The van der Waals surface area contributed by atoms with E-state index in [9.17, 15) is 4.79 Å². The fourth-order valence-electron chi connectivity index (χ4n) is 1.73. The van der Waals surface area contributed by atoms with Crippen molar-refractivity contribution in [1.29, 1.82) is 0 Å². The van der Waals surface area contributed by atoms with Gasteiger partial charge in [-0.3, -0.25) is 9.69 Å². The predicted molar refractivity (Wildman–Crippen MR) is 72.8 cm³/mol. The van der Waals surface area contributed by atoms with Crippen LogP contribution in [-0.4, -0.2) is 28.8 Å². The molecule has 1 rings (SSSR count). The summed E-state index contributed by atoms with van der Waals surface area (Å²) in [5, 5.41) is 1.06. The fourth-order valence-corrected chi connectivity index (χ4v) is 2.88. The zero-order chi connectivity index (χ0) is 13.0. The first-order valence-corrected chi connectivity index (χ1v) is 7.04. The van der Waals surface area contributed by atoms with Gasteiger partial charge in [-0.05, 0) is 19.0 Å². The van der Waals surface area contributed by atoms with Gasteiger partial charge in [0.25, 0.3) is 0 Å². The minimum absolute atomic E-state index is 0.136. The number of carbonyl (C=O) groups excluding carboxylic acids is 1. The summed E-state index contributed by atoms with van der Waals surface area (Å²) in [6.07, 6.45) is 0. The maximum absolute atomic E-state index is 11.6. The van der Waals surface area contributed by atoms with E-state index >= 15 is 0 Å². The first kappa shape index (κ1) is 14.3. The average Bonchev–Trinajstić information content (AvgIpc) is 2.70. The van der Waals surface area contributed by atoms with Crippen molar-refractivity contribution in [2.45, 2.75) is 47.1 Å². The number of carbonyl (C=O) groups is 1.